The number of alkyl halides is 1. The van der Waals surface area contributed by atoms with E-state index in [1.807, 2.05) is 24.3 Å². The second-order valence-electron chi connectivity index (χ2n) is 3.67. The predicted octanol–water partition coefficient (Wildman–Crippen LogP) is 2.49. The number of hydrogen-bond donors (Lipinski definition) is 2. The molecule has 4 heteroatoms. The second kappa shape index (κ2) is 4.53. The summed E-state index contributed by atoms with van der Waals surface area (Å²) in [7, 11) is 0. The average Bonchev–Trinajstić information content (AvgIpc) is 3.04. The van der Waals surface area contributed by atoms with Crippen LogP contribution >= 0.6 is 11.6 Å². The van der Waals surface area contributed by atoms with Crippen molar-refractivity contribution in [3.05, 3.63) is 24.3 Å². The van der Waals surface area contributed by atoms with Crippen LogP contribution in [0.5, 0.6) is 0 Å². The standard InChI is InChI=1S/C11H14ClN3/c12-7-11(13)15-10-4-2-1-3-9(10)14-8-5-6-8/h1-4,8,14H,5-7H2,(H2,13,15). The number of para-hydroxylation sites is 2. The van der Waals surface area contributed by atoms with Gasteiger partial charge in [0.1, 0.15) is 5.84 Å². The van der Waals surface area contributed by atoms with E-state index in [4.69, 9.17) is 17.3 Å². The Kier molecular flexibility index (Phi) is 3.11. The molecule has 0 radical (unpaired) electrons. The topological polar surface area (TPSA) is 50.4 Å². The average molecular weight is 224 g/mol. The molecule has 1 aromatic carbocycles. The van der Waals surface area contributed by atoms with Crippen molar-refractivity contribution in [1.29, 1.82) is 0 Å². The maximum absolute atomic E-state index is 5.61. The van der Waals surface area contributed by atoms with Crippen LogP contribution in [0.2, 0.25) is 0 Å². The summed E-state index contributed by atoms with van der Waals surface area (Å²) >= 11 is 5.60. The van der Waals surface area contributed by atoms with E-state index in [1.165, 1.54) is 12.8 Å². The summed E-state index contributed by atoms with van der Waals surface area (Å²) in [6.07, 6.45) is 2.48. The Bertz CT molecular complexity index is 372. The van der Waals surface area contributed by atoms with Gasteiger partial charge in [0.15, 0.2) is 0 Å². The SMILES string of the molecule is NC(CCl)=Nc1ccccc1NC1CC1. The van der Waals surface area contributed by atoms with E-state index in [1.54, 1.807) is 0 Å². The number of amidine groups is 1. The van der Waals surface area contributed by atoms with Crippen molar-refractivity contribution in [2.75, 3.05) is 11.2 Å². The van der Waals surface area contributed by atoms with Crippen LogP contribution in [-0.4, -0.2) is 17.8 Å². The fourth-order valence-electron chi connectivity index (χ4n) is 1.33. The van der Waals surface area contributed by atoms with Crippen LogP contribution in [0, 0.1) is 0 Å². The summed E-state index contributed by atoms with van der Waals surface area (Å²) in [5.41, 5.74) is 7.51. The number of aliphatic imine (C=N–C) groups is 1. The zero-order valence-electron chi connectivity index (χ0n) is 8.41. The van der Waals surface area contributed by atoms with Crippen molar-refractivity contribution in [2.24, 2.45) is 10.7 Å². The van der Waals surface area contributed by atoms with Gasteiger partial charge in [-0.15, -0.1) is 11.6 Å². The molecule has 0 unspecified atom stereocenters. The van der Waals surface area contributed by atoms with E-state index >= 15 is 0 Å². The van der Waals surface area contributed by atoms with E-state index in [9.17, 15) is 0 Å². The monoisotopic (exact) mass is 223 g/mol. The number of nitrogens with two attached hydrogens (primary N) is 1. The summed E-state index contributed by atoms with van der Waals surface area (Å²) in [6, 6.07) is 8.49. The van der Waals surface area contributed by atoms with Crippen LogP contribution in [-0.2, 0) is 0 Å². The lowest BCUT2D eigenvalue weighted by atomic mass is 10.2. The lowest BCUT2D eigenvalue weighted by Crippen LogP contribution is -2.12. The largest absolute Gasteiger partial charge is 0.386 e. The Balaban J connectivity index is 2.20. The maximum Gasteiger partial charge on any atom is 0.115 e. The molecule has 3 N–H and O–H groups in total. The summed E-state index contributed by atoms with van der Waals surface area (Å²) in [4.78, 5) is 4.26. The predicted molar refractivity (Wildman–Crippen MR) is 65.1 cm³/mol. The zero-order valence-corrected chi connectivity index (χ0v) is 9.17. The van der Waals surface area contributed by atoms with Crippen molar-refractivity contribution in [3.63, 3.8) is 0 Å². The van der Waals surface area contributed by atoms with Crippen molar-refractivity contribution >= 4 is 28.8 Å². The highest BCUT2D eigenvalue weighted by Crippen LogP contribution is 2.30. The van der Waals surface area contributed by atoms with E-state index in [-0.39, 0.29) is 5.88 Å². The molecule has 80 valence electrons. The van der Waals surface area contributed by atoms with E-state index < -0.39 is 0 Å². The third-order valence-corrected chi connectivity index (χ3v) is 2.52. The Hall–Kier alpha value is -1.22. The molecule has 0 aliphatic heterocycles. The second-order valence-corrected chi connectivity index (χ2v) is 3.94. The normalized spacial score (nSPS) is 16.5. The first-order valence-electron chi connectivity index (χ1n) is 5.04. The molecule has 0 saturated heterocycles. The lowest BCUT2D eigenvalue weighted by Gasteiger charge is -2.07. The highest BCUT2D eigenvalue weighted by molar-refractivity contribution is 6.28. The van der Waals surface area contributed by atoms with Crippen molar-refractivity contribution < 1.29 is 0 Å². The van der Waals surface area contributed by atoms with Crippen LogP contribution in [0.3, 0.4) is 0 Å². The molecule has 3 nitrogen and oxygen atoms in total. The van der Waals surface area contributed by atoms with Gasteiger partial charge >= 0.3 is 0 Å². The third-order valence-electron chi connectivity index (χ3n) is 2.24. The van der Waals surface area contributed by atoms with Gasteiger partial charge in [-0.1, -0.05) is 12.1 Å². The van der Waals surface area contributed by atoms with E-state index in [0.717, 1.165) is 11.4 Å². The number of rotatable bonds is 4. The van der Waals surface area contributed by atoms with E-state index in [0.29, 0.717) is 11.9 Å². The molecule has 15 heavy (non-hydrogen) atoms. The first kappa shape index (κ1) is 10.3. The van der Waals surface area contributed by atoms with Gasteiger partial charge in [-0.25, -0.2) is 4.99 Å². The van der Waals surface area contributed by atoms with Gasteiger partial charge in [0.2, 0.25) is 0 Å². The third kappa shape index (κ3) is 2.86. The molecule has 1 aliphatic rings. The van der Waals surface area contributed by atoms with Crippen molar-refractivity contribution in [2.45, 2.75) is 18.9 Å². The molecule has 1 aliphatic carbocycles. The quantitative estimate of drug-likeness (QED) is 0.468. The van der Waals surface area contributed by atoms with Crippen LogP contribution in [0.15, 0.2) is 29.3 Å². The van der Waals surface area contributed by atoms with Gasteiger partial charge in [-0.2, -0.15) is 0 Å². The minimum Gasteiger partial charge on any atom is -0.386 e. The molecule has 1 aromatic rings. The molecule has 0 bridgehead atoms. The van der Waals surface area contributed by atoms with Gasteiger partial charge < -0.3 is 11.1 Å². The first-order valence-corrected chi connectivity index (χ1v) is 5.57. The van der Waals surface area contributed by atoms with Gasteiger partial charge in [0, 0.05) is 6.04 Å². The van der Waals surface area contributed by atoms with Crippen LogP contribution in [0.4, 0.5) is 11.4 Å². The Morgan fingerprint density at radius 3 is 2.87 bits per heavy atom. The number of halogens is 1. The minimum atomic E-state index is 0.262. The summed E-state index contributed by atoms with van der Waals surface area (Å²) in [5, 5.41) is 3.41. The Morgan fingerprint density at radius 1 is 1.47 bits per heavy atom. The van der Waals surface area contributed by atoms with E-state index in [2.05, 4.69) is 10.3 Å². The minimum absolute atomic E-state index is 0.262. The Labute approximate surface area is 94.3 Å². The van der Waals surface area contributed by atoms with Crippen molar-refractivity contribution in [3.8, 4) is 0 Å². The van der Waals surface area contributed by atoms with Crippen LogP contribution in [0.25, 0.3) is 0 Å². The fraction of sp³-hybridized carbons (Fsp3) is 0.364. The molecular weight excluding hydrogens is 210 g/mol. The molecule has 1 fully saturated rings. The fourth-order valence-corrected chi connectivity index (χ4v) is 1.39. The van der Waals surface area contributed by atoms with Crippen LogP contribution < -0.4 is 11.1 Å². The van der Waals surface area contributed by atoms with Gasteiger partial charge in [0.25, 0.3) is 0 Å². The van der Waals surface area contributed by atoms with Gasteiger partial charge in [-0.3, -0.25) is 0 Å². The smallest absolute Gasteiger partial charge is 0.115 e. The molecule has 2 rings (SSSR count). The number of nitrogens with zero attached hydrogens (tertiary/aromatic N) is 1. The molecule has 0 amide bonds. The highest BCUT2D eigenvalue weighted by atomic mass is 35.5. The summed E-state index contributed by atoms with van der Waals surface area (Å²) < 4.78 is 0. The molecule has 0 spiro atoms. The molecule has 1 saturated carbocycles. The molecule has 0 heterocycles. The Morgan fingerprint density at radius 2 is 2.20 bits per heavy atom. The number of anilines is 1. The molecule has 0 atom stereocenters. The number of benzene rings is 1. The highest BCUT2D eigenvalue weighted by Gasteiger charge is 2.21. The van der Waals surface area contributed by atoms with Gasteiger partial charge in [0.05, 0.1) is 17.3 Å². The number of hydrogen-bond acceptors (Lipinski definition) is 2. The molecular formula is C11H14ClN3. The molecule has 0 aromatic heterocycles. The number of nitrogens with one attached hydrogen (secondary N) is 1. The summed E-state index contributed by atoms with van der Waals surface area (Å²) in [6.45, 7) is 0. The van der Waals surface area contributed by atoms with Crippen LogP contribution in [0.1, 0.15) is 12.8 Å². The lowest BCUT2D eigenvalue weighted by molar-refractivity contribution is 1.15. The maximum atomic E-state index is 5.61. The van der Waals surface area contributed by atoms with Gasteiger partial charge in [-0.05, 0) is 25.0 Å². The first-order chi connectivity index (χ1) is 7.29. The zero-order chi connectivity index (χ0) is 10.7. The summed E-state index contributed by atoms with van der Waals surface area (Å²) in [5.74, 6) is 0.708. The van der Waals surface area contributed by atoms with Crippen molar-refractivity contribution in [1.82, 2.24) is 0 Å².